The third kappa shape index (κ3) is 4.19. The molecule has 0 bridgehead atoms. The van der Waals surface area contributed by atoms with Gasteiger partial charge >= 0.3 is 0 Å². The number of amides is 2. The first-order valence-corrected chi connectivity index (χ1v) is 7.24. The second-order valence-electron chi connectivity index (χ2n) is 5.53. The molecular weight excluding hydrogens is 276 g/mol. The Morgan fingerprint density at radius 2 is 1.55 bits per heavy atom. The maximum Gasteiger partial charge on any atom is 0.255 e. The van der Waals surface area contributed by atoms with Crippen LogP contribution in [0.1, 0.15) is 40.1 Å². The van der Waals surface area contributed by atoms with E-state index in [9.17, 15) is 9.59 Å². The average molecular weight is 296 g/mol. The second kappa shape index (κ2) is 6.89. The summed E-state index contributed by atoms with van der Waals surface area (Å²) < 4.78 is 0. The molecule has 4 nitrogen and oxygen atoms in total. The third-order valence-corrected chi connectivity index (χ3v) is 3.08. The molecule has 0 aliphatic rings. The highest BCUT2D eigenvalue weighted by Gasteiger charge is 2.11. The van der Waals surface area contributed by atoms with E-state index < -0.39 is 0 Å². The summed E-state index contributed by atoms with van der Waals surface area (Å²) in [6.07, 6.45) is 0. The second-order valence-corrected chi connectivity index (χ2v) is 5.53. The molecule has 22 heavy (non-hydrogen) atoms. The summed E-state index contributed by atoms with van der Waals surface area (Å²) in [6, 6.07) is 14.3. The molecule has 0 spiro atoms. The molecule has 0 radical (unpaired) electrons. The van der Waals surface area contributed by atoms with E-state index in [2.05, 4.69) is 10.6 Å². The molecule has 2 N–H and O–H groups in total. The van der Waals surface area contributed by atoms with Crippen LogP contribution in [0.5, 0.6) is 0 Å². The van der Waals surface area contributed by atoms with Gasteiger partial charge in [0.1, 0.15) is 0 Å². The van der Waals surface area contributed by atoms with Crippen LogP contribution in [0.25, 0.3) is 0 Å². The van der Waals surface area contributed by atoms with Gasteiger partial charge in [0.2, 0.25) is 0 Å². The number of hydrogen-bond acceptors (Lipinski definition) is 2. The van der Waals surface area contributed by atoms with Crippen molar-refractivity contribution in [3.63, 3.8) is 0 Å². The standard InChI is InChI=1S/C18H20N2O2/c1-12(2)19-17(21)14-7-5-8-15(11-14)18(22)20-16-9-4-6-13(3)10-16/h4-12H,1-3H3,(H,19,21)(H,20,22). The van der Waals surface area contributed by atoms with Crippen LogP contribution in [0.4, 0.5) is 5.69 Å². The Hall–Kier alpha value is -2.62. The maximum absolute atomic E-state index is 12.3. The molecule has 2 aromatic carbocycles. The van der Waals surface area contributed by atoms with Gasteiger partial charge in [0.05, 0.1) is 0 Å². The lowest BCUT2D eigenvalue weighted by Crippen LogP contribution is -2.30. The van der Waals surface area contributed by atoms with E-state index in [1.807, 2.05) is 45.0 Å². The Balaban J connectivity index is 2.15. The molecule has 0 heterocycles. The number of anilines is 1. The number of aryl methyl sites for hydroxylation is 1. The van der Waals surface area contributed by atoms with Gasteiger partial charge < -0.3 is 10.6 Å². The molecular formula is C18H20N2O2. The molecule has 2 rings (SSSR count). The zero-order valence-corrected chi connectivity index (χ0v) is 13.0. The number of nitrogens with one attached hydrogen (secondary N) is 2. The number of carbonyl (C=O) groups excluding carboxylic acids is 2. The molecule has 0 aliphatic carbocycles. The third-order valence-electron chi connectivity index (χ3n) is 3.08. The summed E-state index contributed by atoms with van der Waals surface area (Å²) in [5.41, 5.74) is 2.74. The molecule has 0 fully saturated rings. The Morgan fingerprint density at radius 1 is 0.909 bits per heavy atom. The van der Waals surface area contributed by atoms with Crippen LogP contribution < -0.4 is 10.6 Å². The fourth-order valence-corrected chi connectivity index (χ4v) is 2.07. The molecule has 4 heteroatoms. The summed E-state index contributed by atoms with van der Waals surface area (Å²) in [5, 5.41) is 5.65. The van der Waals surface area contributed by atoms with Crippen molar-refractivity contribution >= 4 is 17.5 Å². The van der Waals surface area contributed by atoms with Gasteiger partial charge in [-0.25, -0.2) is 0 Å². The van der Waals surface area contributed by atoms with E-state index in [4.69, 9.17) is 0 Å². The lowest BCUT2D eigenvalue weighted by molar-refractivity contribution is 0.0943. The topological polar surface area (TPSA) is 58.2 Å². The van der Waals surface area contributed by atoms with Crippen molar-refractivity contribution in [2.75, 3.05) is 5.32 Å². The van der Waals surface area contributed by atoms with Crippen LogP contribution in [0.2, 0.25) is 0 Å². The van der Waals surface area contributed by atoms with Crippen LogP contribution in [0.15, 0.2) is 48.5 Å². The summed E-state index contributed by atoms with van der Waals surface area (Å²) >= 11 is 0. The van der Waals surface area contributed by atoms with Gasteiger partial charge in [-0.05, 0) is 56.7 Å². The van der Waals surface area contributed by atoms with Crippen LogP contribution in [-0.2, 0) is 0 Å². The normalized spacial score (nSPS) is 10.4. The Kier molecular flexibility index (Phi) is 4.94. The Morgan fingerprint density at radius 3 is 2.18 bits per heavy atom. The molecule has 0 saturated heterocycles. The Labute approximate surface area is 130 Å². The molecule has 2 amide bonds. The quantitative estimate of drug-likeness (QED) is 0.908. The van der Waals surface area contributed by atoms with Crippen molar-refractivity contribution in [2.24, 2.45) is 0 Å². The molecule has 0 unspecified atom stereocenters. The van der Waals surface area contributed by atoms with Crippen LogP contribution in [0, 0.1) is 6.92 Å². The first kappa shape index (κ1) is 15.8. The van der Waals surface area contributed by atoms with E-state index in [1.165, 1.54) is 0 Å². The number of rotatable bonds is 4. The smallest absolute Gasteiger partial charge is 0.255 e. The van der Waals surface area contributed by atoms with Gasteiger partial charge in [0.25, 0.3) is 11.8 Å². The summed E-state index contributed by atoms with van der Waals surface area (Å²) in [7, 11) is 0. The molecule has 0 atom stereocenters. The summed E-state index contributed by atoms with van der Waals surface area (Å²) in [5.74, 6) is -0.412. The van der Waals surface area contributed by atoms with Crippen molar-refractivity contribution in [3.05, 3.63) is 65.2 Å². The molecule has 114 valence electrons. The van der Waals surface area contributed by atoms with E-state index in [1.54, 1.807) is 24.3 Å². The fraction of sp³-hybridized carbons (Fsp3) is 0.222. The van der Waals surface area contributed by atoms with Gasteiger partial charge in [0, 0.05) is 22.9 Å². The zero-order chi connectivity index (χ0) is 16.1. The number of hydrogen-bond donors (Lipinski definition) is 2. The summed E-state index contributed by atoms with van der Waals surface area (Å²) in [4.78, 5) is 24.3. The average Bonchev–Trinajstić information content (AvgIpc) is 2.46. The van der Waals surface area contributed by atoms with Gasteiger partial charge in [-0.3, -0.25) is 9.59 Å². The number of carbonyl (C=O) groups is 2. The van der Waals surface area contributed by atoms with E-state index in [0.717, 1.165) is 11.3 Å². The zero-order valence-electron chi connectivity index (χ0n) is 13.0. The molecule has 0 saturated carbocycles. The van der Waals surface area contributed by atoms with Gasteiger partial charge in [-0.2, -0.15) is 0 Å². The fourth-order valence-electron chi connectivity index (χ4n) is 2.07. The first-order valence-electron chi connectivity index (χ1n) is 7.24. The van der Waals surface area contributed by atoms with Crippen LogP contribution in [0.3, 0.4) is 0 Å². The van der Waals surface area contributed by atoms with Crippen molar-refractivity contribution in [2.45, 2.75) is 26.8 Å². The predicted molar refractivity (Wildman–Crippen MR) is 88.2 cm³/mol. The SMILES string of the molecule is Cc1cccc(NC(=O)c2cccc(C(=O)NC(C)C)c2)c1. The van der Waals surface area contributed by atoms with Crippen molar-refractivity contribution in [3.8, 4) is 0 Å². The van der Waals surface area contributed by atoms with Crippen molar-refractivity contribution < 1.29 is 9.59 Å². The van der Waals surface area contributed by atoms with Crippen molar-refractivity contribution in [1.82, 2.24) is 5.32 Å². The highest BCUT2D eigenvalue weighted by molar-refractivity contribution is 6.06. The highest BCUT2D eigenvalue weighted by Crippen LogP contribution is 2.12. The van der Waals surface area contributed by atoms with Gasteiger partial charge in [-0.1, -0.05) is 18.2 Å². The maximum atomic E-state index is 12.3. The van der Waals surface area contributed by atoms with E-state index in [-0.39, 0.29) is 17.9 Å². The minimum absolute atomic E-state index is 0.0530. The first-order chi connectivity index (χ1) is 10.5. The largest absolute Gasteiger partial charge is 0.350 e. The Bertz CT molecular complexity index is 693. The minimum Gasteiger partial charge on any atom is -0.350 e. The minimum atomic E-state index is -0.232. The lowest BCUT2D eigenvalue weighted by Gasteiger charge is -2.10. The molecule has 0 aliphatic heterocycles. The lowest BCUT2D eigenvalue weighted by atomic mass is 10.1. The number of benzene rings is 2. The summed E-state index contributed by atoms with van der Waals surface area (Å²) in [6.45, 7) is 5.75. The van der Waals surface area contributed by atoms with Gasteiger partial charge in [-0.15, -0.1) is 0 Å². The molecule has 2 aromatic rings. The van der Waals surface area contributed by atoms with E-state index in [0.29, 0.717) is 11.1 Å². The van der Waals surface area contributed by atoms with Gasteiger partial charge in [0.15, 0.2) is 0 Å². The van der Waals surface area contributed by atoms with Crippen LogP contribution in [-0.4, -0.2) is 17.9 Å². The molecule has 0 aromatic heterocycles. The monoisotopic (exact) mass is 296 g/mol. The highest BCUT2D eigenvalue weighted by atomic mass is 16.2. The van der Waals surface area contributed by atoms with Crippen LogP contribution >= 0.6 is 0 Å². The predicted octanol–water partition coefficient (Wildman–Crippen LogP) is 3.39. The van der Waals surface area contributed by atoms with E-state index >= 15 is 0 Å². The van der Waals surface area contributed by atoms with Crippen molar-refractivity contribution in [1.29, 1.82) is 0 Å².